The third kappa shape index (κ3) is 4.93. The number of carbonyl (C=O) groups excluding carboxylic acids is 2. The molecule has 0 aliphatic rings. The van der Waals surface area contributed by atoms with Gasteiger partial charge in [0.2, 0.25) is 5.88 Å². The minimum atomic E-state index is -0.645. The van der Waals surface area contributed by atoms with E-state index in [1.54, 1.807) is 50.2 Å². The first-order valence-electron chi connectivity index (χ1n) is 8.89. The van der Waals surface area contributed by atoms with E-state index < -0.39 is 11.9 Å². The summed E-state index contributed by atoms with van der Waals surface area (Å²) in [4.78, 5) is 28.4. The van der Waals surface area contributed by atoms with Crippen molar-refractivity contribution in [2.75, 3.05) is 5.32 Å². The Balaban J connectivity index is 1.66. The molecule has 0 bridgehead atoms. The molecule has 0 fully saturated rings. The number of carbonyl (C=O) groups is 2. The van der Waals surface area contributed by atoms with Crippen LogP contribution < -0.4 is 15.4 Å². The number of ether oxygens (including phenoxy) is 1. The molecule has 3 aromatic rings. The fourth-order valence-electron chi connectivity index (χ4n) is 2.67. The predicted octanol–water partition coefficient (Wildman–Crippen LogP) is 4.98. The van der Waals surface area contributed by atoms with Gasteiger partial charge in [0.25, 0.3) is 5.91 Å². The fourth-order valence-corrected chi connectivity index (χ4v) is 2.87. The highest BCUT2D eigenvalue weighted by molar-refractivity contribution is 6.31. The minimum absolute atomic E-state index is 0.168. The van der Waals surface area contributed by atoms with Crippen LogP contribution in [0.25, 0.3) is 0 Å². The number of pyridine rings is 1. The average molecular weight is 421 g/mol. The quantitative estimate of drug-likeness (QED) is 0.619. The van der Waals surface area contributed by atoms with Gasteiger partial charge in [-0.25, -0.2) is 9.78 Å². The molecular weight excluding hydrogens is 404 g/mol. The molecule has 0 saturated heterocycles. The Labute approximate surface area is 178 Å². The molecular formula is C22H17ClN4O3. The van der Waals surface area contributed by atoms with Gasteiger partial charge in [0, 0.05) is 17.4 Å². The van der Waals surface area contributed by atoms with Crippen molar-refractivity contribution in [3.8, 4) is 17.7 Å². The number of nitrogens with one attached hydrogen (secondary N) is 2. The number of nitrogens with zero attached hydrogens (tertiary/aromatic N) is 2. The Morgan fingerprint density at radius 1 is 1.10 bits per heavy atom. The van der Waals surface area contributed by atoms with Crippen LogP contribution in [0, 0.1) is 25.2 Å². The fraction of sp³-hybridized carbons (Fsp3) is 0.0909. The van der Waals surface area contributed by atoms with E-state index in [9.17, 15) is 9.59 Å². The molecule has 1 heterocycles. The lowest BCUT2D eigenvalue weighted by atomic mass is 10.1. The van der Waals surface area contributed by atoms with Gasteiger partial charge in [-0.15, -0.1) is 0 Å². The number of aryl methyl sites for hydroxylation is 2. The van der Waals surface area contributed by atoms with Crippen molar-refractivity contribution in [3.05, 3.63) is 82.0 Å². The average Bonchev–Trinajstić information content (AvgIpc) is 2.71. The first-order chi connectivity index (χ1) is 14.4. The maximum absolute atomic E-state index is 12.2. The van der Waals surface area contributed by atoms with Crippen molar-refractivity contribution in [1.29, 1.82) is 5.26 Å². The molecule has 8 heteroatoms. The molecule has 2 aromatic carbocycles. The molecule has 0 aliphatic heterocycles. The van der Waals surface area contributed by atoms with Crippen molar-refractivity contribution in [3.63, 3.8) is 0 Å². The molecule has 7 nitrogen and oxygen atoms in total. The van der Waals surface area contributed by atoms with Crippen LogP contribution in [-0.4, -0.2) is 16.9 Å². The molecule has 3 amide bonds. The summed E-state index contributed by atoms with van der Waals surface area (Å²) < 4.78 is 5.70. The highest BCUT2D eigenvalue weighted by Gasteiger charge is 2.13. The summed E-state index contributed by atoms with van der Waals surface area (Å²) in [6.45, 7) is 3.58. The van der Waals surface area contributed by atoms with E-state index in [0.717, 1.165) is 5.56 Å². The van der Waals surface area contributed by atoms with Crippen molar-refractivity contribution in [2.24, 2.45) is 0 Å². The number of urea groups is 1. The summed E-state index contributed by atoms with van der Waals surface area (Å²) in [5.74, 6) is 0.168. The van der Waals surface area contributed by atoms with E-state index in [1.807, 2.05) is 12.1 Å². The van der Waals surface area contributed by atoms with Crippen LogP contribution in [0.15, 0.2) is 54.7 Å². The van der Waals surface area contributed by atoms with E-state index in [4.69, 9.17) is 21.6 Å². The molecule has 3 rings (SSSR count). The van der Waals surface area contributed by atoms with E-state index >= 15 is 0 Å². The second-order valence-electron chi connectivity index (χ2n) is 6.43. The molecule has 0 spiro atoms. The number of imide groups is 1. The topological polar surface area (TPSA) is 104 Å². The van der Waals surface area contributed by atoms with Gasteiger partial charge in [-0.05, 0) is 55.3 Å². The molecule has 0 unspecified atom stereocenters. The van der Waals surface area contributed by atoms with Gasteiger partial charge < -0.3 is 10.1 Å². The van der Waals surface area contributed by atoms with Crippen LogP contribution in [0.4, 0.5) is 10.5 Å². The van der Waals surface area contributed by atoms with Gasteiger partial charge in [-0.2, -0.15) is 5.26 Å². The van der Waals surface area contributed by atoms with Crippen LogP contribution >= 0.6 is 11.6 Å². The zero-order valence-electron chi connectivity index (χ0n) is 16.2. The standard InChI is InChI=1S/C22H17ClN4O3/c1-13-5-3-4-6-17(13)20(28)27-22(29)26-16-7-8-19(14(2)9-16)30-21-18(23)10-15(11-24)12-25-21/h3-10,12H,1-2H3,(H2,26,27,28,29). The summed E-state index contributed by atoms with van der Waals surface area (Å²) >= 11 is 6.08. The molecule has 0 radical (unpaired) electrons. The summed E-state index contributed by atoms with van der Waals surface area (Å²) in [6.07, 6.45) is 1.36. The normalized spacial score (nSPS) is 10.1. The zero-order valence-corrected chi connectivity index (χ0v) is 16.9. The van der Waals surface area contributed by atoms with Crippen molar-refractivity contribution in [1.82, 2.24) is 10.3 Å². The van der Waals surface area contributed by atoms with E-state index in [0.29, 0.717) is 28.1 Å². The van der Waals surface area contributed by atoms with Crippen molar-refractivity contribution in [2.45, 2.75) is 13.8 Å². The minimum Gasteiger partial charge on any atom is -0.437 e. The van der Waals surface area contributed by atoms with Crippen molar-refractivity contribution < 1.29 is 14.3 Å². The van der Waals surface area contributed by atoms with Crippen LogP contribution in [-0.2, 0) is 0 Å². The van der Waals surface area contributed by atoms with Crippen LogP contribution in [0.1, 0.15) is 27.0 Å². The smallest absolute Gasteiger partial charge is 0.326 e. The Morgan fingerprint density at radius 2 is 1.87 bits per heavy atom. The summed E-state index contributed by atoms with van der Waals surface area (Å²) in [5.41, 5.74) is 2.72. The third-order valence-electron chi connectivity index (χ3n) is 4.19. The monoisotopic (exact) mass is 420 g/mol. The van der Waals surface area contributed by atoms with Crippen LogP contribution in [0.5, 0.6) is 11.6 Å². The van der Waals surface area contributed by atoms with Gasteiger partial charge >= 0.3 is 6.03 Å². The maximum Gasteiger partial charge on any atom is 0.326 e. The van der Waals surface area contributed by atoms with E-state index in [1.165, 1.54) is 12.3 Å². The number of nitriles is 1. The lowest BCUT2D eigenvalue weighted by Crippen LogP contribution is -2.34. The largest absolute Gasteiger partial charge is 0.437 e. The summed E-state index contributed by atoms with van der Waals surface area (Å²) in [6, 6.07) is 14.7. The van der Waals surface area contributed by atoms with Gasteiger partial charge in [-0.3, -0.25) is 10.1 Å². The van der Waals surface area contributed by atoms with E-state index in [2.05, 4.69) is 15.6 Å². The summed E-state index contributed by atoms with van der Waals surface area (Å²) in [7, 11) is 0. The number of anilines is 1. The molecule has 2 N–H and O–H groups in total. The number of hydrogen-bond donors (Lipinski definition) is 2. The Hall–Kier alpha value is -3.89. The number of amides is 3. The number of aromatic nitrogens is 1. The number of hydrogen-bond acceptors (Lipinski definition) is 5. The maximum atomic E-state index is 12.2. The lowest BCUT2D eigenvalue weighted by Gasteiger charge is -2.12. The molecule has 0 saturated carbocycles. The SMILES string of the molecule is Cc1cc(NC(=O)NC(=O)c2ccccc2C)ccc1Oc1ncc(C#N)cc1Cl. The van der Waals surface area contributed by atoms with Gasteiger partial charge in [0.05, 0.1) is 5.56 Å². The first kappa shape index (κ1) is 20.8. The van der Waals surface area contributed by atoms with Crippen LogP contribution in [0.3, 0.4) is 0 Å². The highest BCUT2D eigenvalue weighted by atomic mass is 35.5. The second kappa shape index (κ2) is 9.07. The summed E-state index contributed by atoms with van der Waals surface area (Å²) in [5, 5.41) is 14.0. The first-order valence-corrected chi connectivity index (χ1v) is 9.27. The zero-order chi connectivity index (χ0) is 21.7. The number of halogens is 1. The number of rotatable bonds is 4. The third-order valence-corrected chi connectivity index (χ3v) is 4.46. The lowest BCUT2D eigenvalue weighted by molar-refractivity contribution is 0.0966. The molecule has 30 heavy (non-hydrogen) atoms. The molecule has 0 aliphatic carbocycles. The van der Waals surface area contributed by atoms with Gasteiger partial charge in [0.15, 0.2) is 0 Å². The highest BCUT2D eigenvalue weighted by Crippen LogP contribution is 2.30. The molecule has 0 atom stereocenters. The number of benzene rings is 2. The van der Waals surface area contributed by atoms with Gasteiger partial charge in [-0.1, -0.05) is 29.8 Å². The Kier molecular flexibility index (Phi) is 6.30. The van der Waals surface area contributed by atoms with Gasteiger partial charge in [0.1, 0.15) is 16.8 Å². The van der Waals surface area contributed by atoms with Crippen molar-refractivity contribution >= 4 is 29.2 Å². The molecule has 1 aromatic heterocycles. The Morgan fingerprint density at radius 3 is 2.53 bits per heavy atom. The molecule has 150 valence electrons. The predicted molar refractivity (Wildman–Crippen MR) is 113 cm³/mol. The van der Waals surface area contributed by atoms with Crippen LogP contribution in [0.2, 0.25) is 5.02 Å². The Bertz CT molecular complexity index is 1170. The van der Waals surface area contributed by atoms with E-state index in [-0.39, 0.29) is 10.9 Å². The second-order valence-corrected chi connectivity index (χ2v) is 6.84.